The lowest BCUT2D eigenvalue weighted by Gasteiger charge is -2.32. The van der Waals surface area contributed by atoms with Crippen LogP contribution in [0.1, 0.15) is 13.8 Å². The minimum Gasteiger partial charge on any atom is -0.407 e. The van der Waals surface area contributed by atoms with E-state index in [-0.39, 0.29) is 12.5 Å². The molecule has 1 aliphatic rings. The Morgan fingerprint density at radius 3 is 2.19 bits per heavy atom. The molecule has 0 spiro atoms. The smallest absolute Gasteiger partial charge is 0.407 e. The Bertz CT molecular complexity index is 282. The molecule has 0 aromatic rings. The van der Waals surface area contributed by atoms with Gasteiger partial charge in [0, 0.05) is 18.6 Å². The molecule has 1 saturated heterocycles. The van der Waals surface area contributed by atoms with Crippen LogP contribution in [0, 0.1) is 5.41 Å². The van der Waals surface area contributed by atoms with Gasteiger partial charge in [-0.2, -0.15) is 0 Å². The molecule has 4 heteroatoms. The molecule has 0 aromatic carbocycles. The molecule has 16 heavy (non-hydrogen) atoms. The monoisotopic (exact) mass is 238 g/mol. The first-order chi connectivity index (χ1) is 7.21. The molecule has 0 radical (unpaired) electrons. The van der Waals surface area contributed by atoms with Crippen LogP contribution in [0.5, 0.6) is 0 Å². The number of hydrogen-bond donors (Lipinski definition) is 0. The Balaban J connectivity index is 2.45. The molecule has 90 valence electrons. The molecule has 2 nitrogen and oxygen atoms in total. The topological polar surface area (TPSA) is 18.5 Å². The second kappa shape index (κ2) is 4.90. The number of rotatable bonds is 3. The maximum Gasteiger partial charge on any atom is 0.486 e. The summed E-state index contributed by atoms with van der Waals surface area (Å²) in [7, 11) is -1.46. The zero-order valence-electron chi connectivity index (χ0n) is 11.2. The summed E-state index contributed by atoms with van der Waals surface area (Å²) in [4.78, 5) is 0. The van der Waals surface area contributed by atoms with Crippen LogP contribution in [0.15, 0.2) is 23.8 Å². The zero-order valence-corrected chi connectivity index (χ0v) is 12.2. The molecule has 0 aromatic heterocycles. The average Bonchev–Trinajstić information content (AvgIpc) is 2.14. The van der Waals surface area contributed by atoms with Gasteiger partial charge in [-0.1, -0.05) is 57.3 Å². The van der Waals surface area contributed by atoms with Gasteiger partial charge >= 0.3 is 7.12 Å². The van der Waals surface area contributed by atoms with Crippen molar-refractivity contribution in [1.29, 1.82) is 0 Å². The Kier molecular flexibility index (Phi) is 4.21. The molecule has 0 aliphatic carbocycles. The van der Waals surface area contributed by atoms with Crippen molar-refractivity contribution in [3.8, 4) is 0 Å². The average molecular weight is 238 g/mol. The molecule has 0 N–H and O–H groups in total. The van der Waals surface area contributed by atoms with E-state index in [1.165, 1.54) is 5.20 Å². The number of hydrogen-bond acceptors (Lipinski definition) is 2. The fourth-order valence-electron chi connectivity index (χ4n) is 1.26. The van der Waals surface area contributed by atoms with Gasteiger partial charge in [0.05, 0.1) is 8.07 Å². The molecule has 1 rings (SSSR count). The summed E-state index contributed by atoms with van der Waals surface area (Å²) in [6, 6.07) is 0. The predicted octanol–water partition coefficient (Wildman–Crippen LogP) is 3.08. The summed E-state index contributed by atoms with van der Waals surface area (Å²) < 4.78 is 11.2. The van der Waals surface area contributed by atoms with E-state index >= 15 is 0 Å². The first-order valence-corrected chi connectivity index (χ1v) is 9.31. The fourth-order valence-corrected chi connectivity index (χ4v) is 1.86. The van der Waals surface area contributed by atoms with Crippen molar-refractivity contribution in [3.63, 3.8) is 0 Å². The summed E-state index contributed by atoms with van der Waals surface area (Å²) in [5.74, 6) is 1.98. The van der Waals surface area contributed by atoms with E-state index in [1.54, 1.807) is 0 Å². The Morgan fingerprint density at radius 2 is 1.75 bits per heavy atom. The summed E-state index contributed by atoms with van der Waals surface area (Å²) in [6.07, 6.45) is 2.06. The van der Waals surface area contributed by atoms with Crippen LogP contribution >= 0.6 is 0 Å². The highest BCUT2D eigenvalue weighted by Gasteiger charge is 2.30. The first-order valence-electron chi connectivity index (χ1n) is 5.81. The Morgan fingerprint density at radius 1 is 1.25 bits per heavy atom. The molecule has 0 bridgehead atoms. The lowest BCUT2D eigenvalue weighted by atomic mass is 9.83. The largest absolute Gasteiger partial charge is 0.486 e. The van der Waals surface area contributed by atoms with Crippen molar-refractivity contribution in [2.45, 2.75) is 33.5 Å². The van der Waals surface area contributed by atoms with Crippen LogP contribution in [0.3, 0.4) is 0 Å². The van der Waals surface area contributed by atoms with E-state index in [0.717, 1.165) is 13.2 Å². The third kappa shape index (κ3) is 4.28. The second-order valence-corrected chi connectivity index (χ2v) is 11.4. The molecule has 1 heterocycles. The third-order valence-corrected chi connectivity index (χ3v) is 4.79. The highest BCUT2D eigenvalue weighted by molar-refractivity contribution is 6.83. The Hall–Kier alpha value is -0.318. The van der Waals surface area contributed by atoms with E-state index < -0.39 is 8.07 Å². The van der Waals surface area contributed by atoms with E-state index in [9.17, 15) is 0 Å². The van der Waals surface area contributed by atoms with Gasteiger partial charge in [-0.3, -0.25) is 0 Å². The lowest BCUT2D eigenvalue weighted by molar-refractivity contribution is 0.0336. The van der Waals surface area contributed by atoms with Gasteiger partial charge in [0.1, 0.15) is 0 Å². The highest BCUT2D eigenvalue weighted by Crippen LogP contribution is 2.22. The van der Waals surface area contributed by atoms with Crippen LogP contribution in [0.2, 0.25) is 19.6 Å². The predicted molar refractivity (Wildman–Crippen MR) is 73.1 cm³/mol. The second-order valence-electron chi connectivity index (χ2n) is 6.29. The summed E-state index contributed by atoms with van der Waals surface area (Å²) in [6.45, 7) is 16.7. The zero-order chi connectivity index (χ0) is 12.4. The van der Waals surface area contributed by atoms with Crippen molar-refractivity contribution >= 4 is 15.2 Å². The SMILES string of the molecule is C=C(/C=C/B1OCC(C)(C)CO1)[Si](C)(C)C. The minimum absolute atomic E-state index is 0.139. The minimum atomic E-state index is -1.27. The molecule has 0 atom stereocenters. The summed E-state index contributed by atoms with van der Waals surface area (Å²) in [5.41, 5.74) is 0.139. The standard InChI is InChI=1S/C12H23BO2Si/c1-11(16(4,5)6)7-8-13-14-9-12(2,3)10-15-13/h7-8H,1,9-10H2,2-6H3/b8-7+. The molecule has 0 amide bonds. The van der Waals surface area contributed by atoms with Crippen molar-refractivity contribution in [1.82, 2.24) is 0 Å². The van der Waals surface area contributed by atoms with E-state index in [2.05, 4.69) is 46.1 Å². The molecule has 0 unspecified atom stereocenters. The van der Waals surface area contributed by atoms with E-state index in [0.29, 0.717) is 0 Å². The lowest BCUT2D eigenvalue weighted by Crippen LogP contribution is -2.39. The van der Waals surface area contributed by atoms with Gasteiger partial charge in [-0.25, -0.2) is 0 Å². The van der Waals surface area contributed by atoms with E-state index in [4.69, 9.17) is 9.31 Å². The van der Waals surface area contributed by atoms with E-state index in [1.807, 2.05) is 5.98 Å². The summed E-state index contributed by atoms with van der Waals surface area (Å²) in [5, 5.41) is 1.23. The van der Waals surface area contributed by atoms with Crippen molar-refractivity contribution < 1.29 is 9.31 Å². The van der Waals surface area contributed by atoms with Gasteiger partial charge < -0.3 is 9.31 Å². The van der Waals surface area contributed by atoms with Crippen molar-refractivity contribution in [3.05, 3.63) is 23.8 Å². The Labute approximate surface area is 101 Å². The normalized spacial score (nSPS) is 21.4. The van der Waals surface area contributed by atoms with Crippen LogP contribution in [0.25, 0.3) is 0 Å². The summed E-state index contributed by atoms with van der Waals surface area (Å²) >= 11 is 0. The first kappa shape index (κ1) is 13.7. The third-order valence-electron chi connectivity index (χ3n) is 2.69. The van der Waals surface area contributed by atoms with Gasteiger partial charge in [0.15, 0.2) is 0 Å². The van der Waals surface area contributed by atoms with Crippen LogP contribution in [-0.2, 0) is 9.31 Å². The van der Waals surface area contributed by atoms with Crippen LogP contribution < -0.4 is 0 Å². The maximum atomic E-state index is 5.62. The quantitative estimate of drug-likeness (QED) is 0.555. The van der Waals surface area contributed by atoms with Crippen molar-refractivity contribution in [2.75, 3.05) is 13.2 Å². The number of allylic oxidation sites excluding steroid dienone is 2. The van der Waals surface area contributed by atoms with Crippen molar-refractivity contribution in [2.24, 2.45) is 5.41 Å². The van der Waals surface area contributed by atoms with Gasteiger partial charge in [-0.15, -0.1) is 0 Å². The van der Waals surface area contributed by atoms with Gasteiger partial charge in [0.25, 0.3) is 0 Å². The maximum absolute atomic E-state index is 5.62. The molecular formula is C12H23BO2Si. The molecule has 1 fully saturated rings. The van der Waals surface area contributed by atoms with Crippen LogP contribution in [-0.4, -0.2) is 28.4 Å². The van der Waals surface area contributed by atoms with Crippen LogP contribution in [0.4, 0.5) is 0 Å². The molecular weight excluding hydrogens is 215 g/mol. The fraction of sp³-hybridized carbons (Fsp3) is 0.667. The molecule has 0 saturated carbocycles. The molecule has 1 aliphatic heterocycles. The van der Waals surface area contributed by atoms with Gasteiger partial charge in [0.2, 0.25) is 0 Å². The van der Waals surface area contributed by atoms with Gasteiger partial charge in [-0.05, 0) is 0 Å². The highest BCUT2D eigenvalue weighted by atomic mass is 28.3.